The van der Waals surface area contributed by atoms with Crippen molar-refractivity contribution >= 4 is 23.2 Å². The number of benzene rings is 1. The highest BCUT2D eigenvalue weighted by Crippen LogP contribution is 2.17. The summed E-state index contributed by atoms with van der Waals surface area (Å²) in [6, 6.07) is 12.4. The zero-order chi connectivity index (χ0) is 18.5. The van der Waals surface area contributed by atoms with Gasteiger partial charge in [0.1, 0.15) is 18.1 Å². The molecule has 4 aromatic rings. The molecule has 0 fully saturated rings. The van der Waals surface area contributed by atoms with Crippen LogP contribution < -0.4 is 10.1 Å². The van der Waals surface area contributed by atoms with Gasteiger partial charge in [0.15, 0.2) is 5.82 Å². The minimum atomic E-state index is -0.333. The second-order valence-electron chi connectivity index (χ2n) is 5.47. The van der Waals surface area contributed by atoms with Crippen LogP contribution in [-0.4, -0.2) is 31.1 Å². The van der Waals surface area contributed by atoms with Gasteiger partial charge >= 0.3 is 0 Å². The predicted octanol–water partition coefficient (Wildman–Crippen LogP) is 3.15. The highest BCUT2D eigenvalue weighted by Gasteiger charge is 2.12. The third-order valence-electron chi connectivity index (χ3n) is 3.58. The number of amides is 1. The van der Waals surface area contributed by atoms with Gasteiger partial charge in [0, 0.05) is 17.1 Å². The van der Waals surface area contributed by atoms with Crippen LogP contribution in [0.3, 0.4) is 0 Å². The molecule has 0 bridgehead atoms. The molecule has 0 radical (unpaired) electrons. The van der Waals surface area contributed by atoms with Crippen LogP contribution in [0.15, 0.2) is 59.6 Å². The summed E-state index contributed by atoms with van der Waals surface area (Å²) in [7, 11) is 0. The number of carbonyl (C=O) groups is 1. The van der Waals surface area contributed by atoms with Gasteiger partial charge in [0.25, 0.3) is 5.91 Å². The van der Waals surface area contributed by atoms with Crippen molar-refractivity contribution in [3.63, 3.8) is 0 Å². The van der Waals surface area contributed by atoms with Gasteiger partial charge < -0.3 is 4.74 Å². The number of pyridine rings is 1. The average Bonchev–Trinajstić information content (AvgIpc) is 3.39. The first-order chi connectivity index (χ1) is 13.3. The molecular formula is C18H14N6O2S. The Kier molecular flexibility index (Phi) is 4.84. The minimum absolute atomic E-state index is 0.175. The molecule has 2 N–H and O–H groups in total. The van der Waals surface area contributed by atoms with Gasteiger partial charge in [0.05, 0.1) is 11.2 Å². The maximum Gasteiger partial charge on any atom is 0.258 e. The first kappa shape index (κ1) is 16.9. The number of H-pyrrole nitrogens is 1. The molecule has 0 atom stereocenters. The molecule has 27 heavy (non-hydrogen) atoms. The van der Waals surface area contributed by atoms with Crippen molar-refractivity contribution < 1.29 is 9.53 Å². The summed E-state index contributed by atoms with van der Waals surface area (Å²) in [4.78, 5) is 25.0. The number of ether oxygens (including phenoxy) is 1. The van der Waals surface area contributed by atoms with E-state index in [-0.39, 0.29) is 11.9 Å². The summed E-state index contributed by atoms with van der Waals surface area (Å²) in [5.74, 6) is 0.904. The zero-order valence-corrected chi connectivity index (χ0v) is 14.8. The van der Waals surface area contributed by atoms with E-state index in [1.165, 1.54) is 11.3 Å². The van der Waals surface area contributed by atoms with Crippen LogP contribution in [0.1, 0.15) is 16.1 Å². The monoisotopic (exact) mass is 378 g/mol. The number of rotatable bonds is 6. The van der Waals surface area contributed by atoms with Gasteiger partial charge in [0.2, 0.25) is 5.95 Å². The number of aromatic nitrogens is 5. The summed E-state index contributed by atoms with van der Waals surface area (Å²) in [5, 5.41) is 11.3. The van der Waals surface area contributed by atoms with E-state index >= 15 is 0 Å². The number of hydrogen-bond donors (Lipinski definition) is 2. The van der Waals surface area contributed by atoms with Crippen molar-refractivity contribution in [2.75, 3.05) is 5.32 Å². The molecule has 0 saturated heterocycles. The smallest absolute Gasteiger partial charge is 0.258 e. The third-order valence-corrected chi connectivity index (χ3v) is 4.22. The van der Waals surface area contributed by atoms with Gasteiger partial charge in [-0.15, -0.1) is 16.4 Å². The Morgan fingerprint density at radius 2 is 2.15 bits per heavy atom. The molecule has 0 aliphatic heterocycles. The lowest BCUT2D eigenvalue weighted by atomic mass is 10.2. The van der Waals surface area contributed by atoms with Crippen LogP contribution in [0, 0.1) is 0 Å². The molecule has 9 heteroatoms. The van der Waals surface area contributed by atoms with E-state index in [0.29, 0.717) is 29.4 Å². The first-order valence-corrected chi connectivity index (χ1v) is 8.97. The SMILES string of the molecule is O=C(Nc1n[nH]c(-c2ccccn2)n1)c1cccc(OCc2cscn2)c1. The maximum absolute atomic E-state index is 12.5. The van der Waals surface area contributed by atoms with Crippen LogP contribution in [0.4, 0.5) is 5.95 Å². The highest BCUT2D eigenvalue weighted by atomic mass is 32.1. The molecule has 0 saturated carbocycles. The van der Waals surface area contributed by atoms with Gasteiger partial charge in [-0.05, 0) is 30.3 Å². The quantitative estimate of drug-likeness (QED) is 0.534. The zero-order valence-electron chi connectivity index (χ0n) is 14.0. The van der Waals surface area contributed by atoms with Crippen LogP contribution in [-0.2, 0) is 6.61 Å². The molecule has 3 aromatic heterocycles. The number of nitrogens with one attached hydrogen (secondary N) is 2. The number of anilines is 1. The molecule has 134 valence electrons. The van der Waals surface area contributed by atoms with Crippen molar-refractivity contribution in [2.24, 2.45) is 0 Å². The molecular weight excluding hydrogens is 364 g/mol. The maximum atomic E-state index is 12.5. The van der Waals surface area contributed by atoms with Crippen LogP contribution >= 0.6 is 11.3 Å². The lowest BCUT2D eigenvalue weighted by Crippen LogP contribution is -2.13. The van der Waals surface area contributed by atoms with Crippen LogP contribution in [0.25, 0.3) is 11.5 Å². The van der Waals surface area contributed by atoms with E-state index in [0.717, 1.165) is 5.69 Å². The fourth-order valence-corrected chi connectivity index (χ4v) is 2.85. The Morgan fingerprint density at radius 3 is 2.96 bits per heavy atom. The average molecular weight is 378 g/mol. The summed E-state index contributed by atoms with van der Waals surface area (Å²) >= 11 is 1.51. The van der Waals surface area contributed by atoms with Gasteiger partial charge in [-0.2, -0.15) is 4.98 Å². The third kappa shape index (κ3) is 4.15. The number of carbonyl (C=O) groups excluding carboxylic acids is 1. The molecule has 4 rings (SSSR count). The van der Waals surface area contributed by atoms with E-state index in [1.807, 2.05) is 17.5 Å². The molecule has 1 amide bonds. The fourth-order valence-electron chi connectivity index (χ4n) is 2.30. The normalized spacial score (nSPS) is 10.5. The first-order valence-electron chi connectivity index (χ1n) is 8.03. The Hall–Kier alpha value is -3.59. The Bertz CT molecular complexity index is 1030. The van der Waals surface area contributed by atoms with Crippen molar-refractivity contribution in [2.45, 2.75) is 6.61 Å². The van der Waals surface area contributed by atoms with E-state index in [4.69, 9.17) is 4.74 Å². The van der Waals surface area contributed by atoms with E-state index in [1.54, 1.807) is 42.0 Å². The molecule has 0 spiro atoms. The molecule has 0 unspecified atom stereocenters. The van der Waals surface area contributed by atoms with Crippen molar-refractivity contribution in [1.29, 1.82) is 0 Å². The largest absolute Gasteiger partial charge is 0.487 e. The van der Waals surface area contributed by atoms with Crippen molar-refractivity contribution in [3.05, 3.63) is 70.8 Å². The molecule has 8 nitrogen and oxygen atoms in total. The standard InChI is InChI=1S/C18H14N6O2S/c25-17(22-18-21-16(23-24-18)15-6-1-2-7-19-15)12-4-3-5-14(8-12)26-9-13-10-27-11-20-13/h1-8,10-11H,9H2,(H2,21,22,23,24,25). The number of aromatic amines is 1. The minimum Gasteiger partial charge on any atom is -0.487 e. The fraction of sp³-hybridized carbons (Fsp3) is 0.0556. The molecule has 0 aliphatic carbocycles. The topological polar surface area (TPSA) is 106 Å². The van der Waals surface area contributed by atoms with Crippen molar-refractivity contribution in [3.8, 4) is 17.3 Å². The summed E-state index contributed by atoms with van der Waals surface area (Å²) in [6.45, 7) is 0.350. The predicted molar refractivity (Wildman–Crippen MR) is 100 cm³/mol. The van der Waals surface area contributed by atoms with E-state index < -0.39 is 0 Å². The second kappa shape index (κ2) is 7.75. The summed E-state index contributed by atoms with van der Waals surface area (Å²) in [6.07, 6.45) is 1.66. The highest BCUT2D eigenvalue weighted by molar-refractivity contribution is 7.07. The van der Waals surface area contributed by atoms with E-state index in [9.17, 15) is 4.79 Å². The summed E-state index contributed by atoms with van der Waals surface area (Å²) < 4.78 is 5.67. The van der Waals surface area contributed by atoms with Gasteiger partial charge in [-0.25, -0.2) is 4.98 Å². The Labute approximate surface area is 158 Å². The molecule has 0 aliphatic rings. The van der Waals surface area contributed by atoms with Crippen LogP contribution in [0.5, 0.6) is 5.75 Å². The number of hydrogen-bond acceptors (Lipinski definition) is 7. The Morgan fingerprint density at radius 1 is 1.19 bits per heavy atom. The van der Waals surface area contributed by atoms with E-state index in [2.05, 4.69) is 30.5 Å². The molecule has 3 heterocycles. The van der Waals surface area contributed by atoms with Crippen LogP contribution in [0.2, 0.25) is 0 Å². The number of nitrogens with zero attached hydrogens (tertiary/aromatic N) is 4. The van der Waals surface area contributed by atoms with Gasteiger partial charge in [-0.1, -0.05) is 12.1 Å². The second-order valence-corrected chi connectivity index (χ2v) is 6.19. The lowest BCUT2D eigenvalue weighted by Gasteiger charge is -2.06. The van der Waals surface area contributed by atoms with Gasteiger partial charge in [-0.3, -0.25) is 20.2 Å². The lowest BCUT2D eigenvalue weighted by molar-refractivity contribution is 0.102. The Balaban J connectivity index is 1.42. The summed E-state index contributed by atoms with van der Waals surface area (Å²) in [5.41, 5.74) is 3.68. The number of thiazole rings is 1. The van der Waals surface area contributed by atoms with Crippen molar-refractivity contribution in [1.82, 2.24) is 25.1 Å². The molecule has 1 aromatic carbocycles.